The molecule has 9 heteroatoms. The molecule has 28 heavy (non-hydrogen) atoms. The molecule has 2 aromatic carbocycles. The fourth-order valence-corrected chi connectivity index (χ4v) is 3.32. The lowest BCUT2D eigenvalue weighted by Crippen LogP contribution is -2.27. The molecule has 0 spiro atoms. The summed E-state index contributed by atoms with van der Waals surface area (Å²) in [4.78, 5) is 24.0. The zero-order valence-electron chi connectivity index (χ0n) is 15.6. The summed E-state index contributed by atoms with van der Waals surface area (Å²) >= 11 is 1.14. The number of nitrogens with zero attached hydrogens (tertiary/aromatic N) is 4. The Morgan fingerprint density at radius 3 is 2.39 bits per heavy atom. The number of thioether (sulfide) groups is 1. The summed E-state index contributed by atoms with van der Waals surface area (Å²) in [7, 11) is 1.61. The minimum Gasteiger partial charge on any atom is -0.411 e. The van der Waals surface area contributed by atoms with E-state index in [-0.39, 0.29) is 17.3 Å². The zero-order valence-corrected chi connectivity index (χ0v) is 16.4. The van der Waals surface area contributed by atoms with Crippen molar-refractivity contribution in [1.82, 2.24) is 10.2 Å². The normalized spacial score (nSPS) is 10.7. The molecule has 0 aliphatic rings. The Labute approximate surface area is 165 Å². The van der Waals surface area contributed by atoms with Crippen molar-refractivity contribution in [3.8, 4) is 11.5 Å². The van der Waals surface area contributed by atoms with Crippen molar-refractivity contribution < 1.29 is 14.1 Å². The maximum atomic E-state index is 12.4. The molecule has 3 rings (SSSR count). The van der Waals surface area contributed by atoms with Gasteiger partial charge in [-0.05, 0) is 38.1 Å². The lowest BCUT2D eigenvalue weighted by molar-refractivity contribution is -0.384. The van der Waals surface area contributed by atoms with E-state index >= 15 is 0 Å². The summed E-state index contributed by atoms with van der Waals surface area (Å²) in [5.41, 5.74) is 3.58. The Morgan fingerprint density at radius 2 is 1.79 bits per heavy atom. The highest BCUT2D eigenvalue weighted by Gasteiger charge is 2.16. The molecule has 1 heterocycles. The minimum atomic E-state index is -0.482. The standard InChI is InChI=1S/C19H18N4O4S/c1-12-8-13(2)10-14(9-12)18-20-21-19(27-18)28-11-17(24)22(3)15-4-6-16(7-5-15)23(25)26/h4-10H,11H2,1-3H3. The van der Waals surface area contributed by atoms with Gasteiger partial charge in [0.15, 0.2) is 0 Å². The van der Waals surface area contributed by atoms with Crippen molar-refractivity contribution in [3.05, 3.63) is 63.7 Å². The van der Waals surface area contributed by atoms with E-state index in [1.165, 1.54) is 29.2 Å². The van der Waals surface area contributed by atoms with Crippen LogP contribution in [0.25, 0.3) is 11.5 Å². The fraction of sp³-hybridized carbons (Fsp3) is 0.211. The van der Waals surface area contributed by atoms with Crippen LogP contribution in [0.15, 0.2) is 52.1 Å². The molecule has 0 aliphatic carbocycles. The number of aryl methyl sites for hydroxylation is 2. The highest BCUT2D eigenvalue weighted by Crippen LogP contribution is 2.26. The Kier molecular flexibility index (Phi) is 5.74. The number of nitro groups is 1. The van der Waals surface area contributed by atoms with Gasteiger partial charge in [-0.3, -0.25) is 14.9 Å². The number of aromatic nitrogens is 2. The molecule has 0 radical (unpaired) electrons. The predicted octanol–water partition coefficient (Wildman–Crippen LogP) is 4.02. The van der Waals surface area contributed by atoms with Crippen LogP contribution in [0.3, 0.4) is 0 Å². The number of nitro benzene ring substituents is 1. The molecule has 0 saturated carbocycles. The average Bonchev–Trinajstić information content (AvgIpc) is 3.14. The number of amides is 1. The number of hydrogen-bond donors (Lipinski definition) is 0. The maximum absolute atomic E-state index is 12.4. The Balaban J connectivity index is 1.63. The van der Waals surface area contributed by atoms with Gasteiger partial charge >= 0.3 is 0 Å². The number of carbonyl (C=O) groups excluding carboxylic acids is 1. The highest BCUT2D eigenvalue weighted by molar-refractivity contribution is 7.99. The summed E-state index contributed by atoms with van der Waals surface area (Å²) in [6.07, 6.45) is 0. The molecule has 1 aromatic heterocycles. The topological polar surface area (TPSA) is 102 Å². The van der Waals surface area contributed by atoms with Crippen LogP contribution in [0.5, 0.6) is 0 Å². The van der Waals surface area contributed by atoms with Crippen LogP contribution in [0.2, 0.25) is 0 Å². The molecule has 0 atom stereocenters. The van der Waals surface area contributed by atoms with Crippen LogP contribution in [-0.4, -0.2) is 33.8 Å². The van der Waals surface area contributed by atoms with Crippen LogP contribution in [-0.2, 0) is 4.79 Å². The van der Waals surface area contributed by atoms with E-state index in [1.807, 2.05) is 26.0 Å². The summed E-state index contributed by atoms with van der Waals surface area (Å²) in [6.45, 7) is 3.99. The van der Waals surface area contributed by atoms with Gasteiger partial charge in [-0.25, -0.2) is 0 Å². The van der Waals surface area contributed by atoms with E-state index < -0.39 is 4.92 Å². The van der Waals surface area contributed by atoms with Gasteiger partial charge in [-0.15, -0.1) is 10.2 Å². The second kappa shape index (κ2) is 8.22. The predicted molar refractivity (Wildman–Crippen MR) is 106 cm³/mol. The van der Waals surface area contributed by atoms with Crippen molar-refractivity contribution in [1.29, 1.82) is 0 Å². The zero-order chi connectivity index (χ0) is 20.3. The van der Waals surface area contributed by atoms with Crippen LogP contribution in [0, 0.1) is 24.0 Å². The Morgan fingerprint density at radius 1 is 1.14 bits per heavy atom. The van der Waals surface area contributed by atoms with Crippen LogP contribution < -0.4 is 4.90 Å². The minimum absolute atomic E-state index is 0.0243. The molecule has 144 valence electrons. The molecule has 3 aromatic rings. The number of carbonyl (C=O) groups is 1. The molecule has 0 bridgehead atoms. The van der Waals surface area contributed by atoms with Crippen molar-refractivity contribution in [2.24, 2.45) is 0 Å². The quantitative estimate of drug-likeness (QED) is 0.351. The third-order valence-electron chi connectivity index (χ3n) is 4.02. The van der Waals surface area contributed by atoms with E-state index in [0.717, 1.165) is 28.5 Å². The summed E-state index contributed by atoms with van der Waals surface area (Å²) in [5, 5.41) is 19.1. The number of anilines is 1. The third kappa shape index (κ3) is 4.55. The van der Waals surface area contributed by atoms with E-state index in [0.29, 0.717) is 16.8 Å². The molecule has 0 aliphatic heterocycles. The first-order valence-electron chi connectivity index (χ1n) is 8.39. The molecule has 1 amide bonds. The molecule has 0 fully saturated rings. The number of benzene rings is 2. The average molecular weight is 398 g/mol. The smallest absolute Gasteiger partial charge is 0.277 e. The van der Waals surface area contributed by atoms with Crippen LogP contribution in [0.4, 0.5) is 11.4 Å². The van der Waals surface area contributed by atoms with Gasteiger partial charge in [0, 0.05) is 30.4 Å². The molecular weight excluding hydrogens is 380 g/mol. The first kappa shape index (κ1) is 19.6. The first-order valence-corrected chi connectivity index (χ1v) is 9.38. The number of rotatable bonds is 6. The molecule has 0 saturated heterocycles. The molecule has 0 unspecified atom stereocenters. The van der Waals surface area contributed by atoms with Gasteiger partial charge in [0.25, 0.3) is 10.9 Å². The SMILES string of the molecule is Cc1cc(C)cc(-c2nnc(SCC(=O)N(C)c3ccc([N+](=O)[O-])cc3)o2)c1. The highest BCUT2D eigenvalue weighted by atomic mass is 32.2. The molecule has 0 N–H and O–H groups in total. The van der Waals surface area contributed by atoms with Gasteiger partial charge in [-0.2, -0.15) is 0 Å². The fourth-order valence-electron chi connectivity index (χ4n) is 2.65. The molecule has 8 nitrogen and oxygen atoms in total. The van der Waals surface area contributed by atoms with E-state index in [9.17, 15) is 14.9 Å². The lowest BCUT2D eigenvalue weighted by Gasteiger charge is -2.16. The second-order valence-corrected chi connectivity index (χ2v) is 7.19. The van der Waals surface area contributed by atoms with Crippen LogP contribution in [0.1, 0.15) is 11.1 Å². The summed E-state index contributed by atoms with van der Waals surface area (Å²) < 4.78 is 5.65. The van der Waals surface area contributed by atoms with Gasteiger partial charge in [-0.1, -0.05) is 29.0 Å². The van der Waals surface area contributed by atoms with Crippen molar-refractivity contribution in [2.75, 3.05) is 17.7 Å². The monoisotopic (exact) mass is 398 g/mol. The van der Waals surface area contributed by atoms with Crippen molar-refractivity contribution in [2.45, 2.75) is 19.1 Å². The lowest BCUT2D eigenvalue weighted by atomic mass is 10.1. The van der Waals surface area contributed by atoms with Gasteiger partial charge in [0.05, 0.1) is 10.7 Å². The Hall–Kier alpha value is -3.20. The molecular formula is C19H18N4O4S. The summed E-state index contributed by atoms with van der Waals surface area (Å²) in [5.74, 6) is 0.317. The van der Waals surface area contributed by atoms with Crippen molar-refractivity contribution in [3.63, 3.8) is 0 Å². The second-order valence-electron chi connectivity index (χ2n) is 6.26. The van der Waals surface area contributed by atoms with E-state index in [4.69, 9.17) is 4.42 Å². The first-order chi connectivity index (χ1) is 13.3. The number of hydrogen-bond acceptors (Lipinski definition) is 7. The summed E-state index contributed by atoms with van der Waals surface area (Å²) in [6, 6.07) is 11.8. The van der Waals surface area contributed by atoms with Gasteiger partial charge in [0.1, 0.15) is 0 Å². The van der Waals surface area contributed by atoms with Crippen molar-refractivity contribution >= 4 is 29.0 Å². The number of non-ortho nitro benzene ring substituents is 1. The van der Waals surface area contributed by atoms with E-state index in [2.05, 4.69) is 16.3 Å². The van der Waals surface area contributed by atoms with Gasteiger partial charge < -0.3 is 9.32 Å². The maximum Gasteiger partial charge on any atom is 0.277 e. The largest absolute Gasteiger partial charge is 0.411 e. The third-order valence-corrected chi connectivity index (χ3v) is 4.82. The Bertz CT molecular complexity index is 997. The van der Waals surface area contributed by atoms with Crippen LogP contribution >= 0.6 is 11.8 Å². The van der Waals surface area contributed by atoms with Gasteiger partial charge in [0.2, 0.25) is 11.8 Å². The van der Waals surface area contributed by atoms with E-state index in [1.54, 1.807) is 7.05 Å².